The van der Waals surface area contributed by atoms with E-state index >= 15 is 0 Å². The number of hydrogen-bond donors (Lipinski definition) is 1. The van der Waals surface area contributed by atoms with Gasteiger partial charge in [-0.1, -0.05) is 37.8 Å². The van der Waals surface area contributed by atoms with Gasteiger partial charge in [-0.15, -0.1) is 11.8 Å². The highest BCUT2D eigenvalue weighted by atomic mass is 32.2. The van der Waals surface area contributed by atoms with E-state index in [-0.39, 0.29) is 6.10 Å². The predicted molar refractivity (Wildman–Crippen MR) is 130 cm³/mol. The van der Waals surface area contributed by atoms with Crippen molar-refractivity contribution in [3.05, 3.63) is 48.0 Å². The lowest BCUT2D eigenvalue weighted by Crippen LogP contribution is -2.33. The van der Waals surface area contributed by atoms with Crippen LogP contribution >= 0.6 is 11.8 Å². The molecule has 2 aromatic rings. The van der Waals surface area contributed by atoms with Crippen LogP contribution in [0.4, 0.5) is 0 Å². The van der Waals surface area contributed by atoms with Crippen molar-refractivity contribution >= 4 is 11.8 Å². The number of phenolic OH excluding ortho intramolecular Hbond substituents is 1. The Balaban J connectivity index is 1.28. The number of likely N-dealkylation sites (tertiary alicyclic amines) is 1. The predicted octanol–water partition coefficient (Wildman–Crippen LogP) is 6.43. The first kappa shape index (κ1) is 22.0. The van der Waals surface area contributed by atoms with Crippen LogP contribution in [0.1, 0.15) is 63.0 Å². The number of nitrogens with zero attached hydrogens (tertiary/aromatic N) is 1. The summed E-state index contributed by atoms with van der Waals surface area (Å²) in [7, 11) is 0. The SMILES string of the molecule is Oc1ccc2c(c1)S[C@@H](C1CCCCC1)[C@@H](c1ccc(OCCN3CCCCC3)cc1)O2. The fraction of sp³-hybridized carbons (Fsp3) is 0.556. The highest BCUT2D eigenvalue weighted by Gasteiger charge is 2.38. The molecule has 1 aliphatic carbocycles. The van der Waals surface area contributed by atoms with Gasteiger partial charge in [0.1, 0.15) is 30.0 Å². The van der Waals surface area contributed by atoms with Gasteiger partial charge in [-0.05, 0) is 80.6 Å². The molecule has 3 aliphatic rings. The van der Waals surface area contributed by atoms with Crippen LogP contribution in [0.15, 0.2) is 47.4 Å². The second-order valence-corrected chi connectivity index (χ2v) is 10.7. The molecule has 0 bridgehead atoms. The summed E-state index contributed by atoms with van der Waals surface area (Å²) < 4.78 is 12.6. The minimum atomic E-state index is 0.0301. The maximum atomic E-state index is 9.97. The summed E-state index contributed by atoms with van der Waals surface area (Å²) in [6, 6.07) is 14.0. The van der Waals surface area contributed by atoms with Crippen molar-refractivity contribution < 1.29 is 14.6 Å². The van der Waals surface area contributed by atoms with E-state index in [0.717, 1.165) is 29.5 Å². The molecule has 0 amide bonds. The molecule has 0 unspecified atom stereocenters. The molecule has 1 N–H and O–H groups in total. The van der Waals surface area contributed by atoms with Crippen LogP contribution in [-0.2, 0) is 0 Å². The average molecular weight is 454 g/mol. The second kappa shape index (κ2) is 10.4. The van der Waals surface area contributed by atoms with E-state index in [4.69, 9.17) is 9.47 Å². The highest BCUT2D eigenvalue weighted by Crippen LogP contribution is 2.51. The van der Waals surface area contributed by atoms with E-state index in [2.05, 4.69) is 29.2 Å². The zero-order valence-corrected chi connectivity index (χ0v) is 19.7. The molecule has 2 heterocycles. The second-order valence-electron chi connectivity index (χ2n) is 9.47. The summed E-state index contributed by atoms with van der Waals surface area (Å²) in [5.41, 5.74) is 1.22. The highest BCUT2D eigenvalue weighted by molar-refractivity contribution is 8.00. The summed E-state index contributed by atoms with van der Waals surface area (Å²) in [4.78, 5) is 3.57. The first-order chi connectivity index (χ1) is 15.8. The maximum Gasteiger partial charge on any atom is 0.136 e. The Morgan fingerprint density at radius 3 is 2.47 bits per heavy atom. The Morgan fingerprint density at radius 2 is 1.69 bits per heavy atom. The minimum Gasteiger partial charge on any atom is -0.508 e. The number of phenols is 1. The van der Waals surface area contributed by atoms with Crippen molar-refractivity contribution in [1.29, 1.82) is 0 Å². The summed E-state index contributed by atoms with van der Waals surface area (Å²) in [6.45, 7) is 4.18. The molecule has 0 radical (unpaired) electrons. The Hall–Kier alpha value is -1.85. The van der Waals surface area contributed by atoms with Gasteiger partial charge in [0, 0.05) is 6.54 Å². The van der Waals surface area contributed by atoms with Crippen molar-refractivity contribution in [2.45, 2.75) is 67.6 Å². The molecule has 5 rings (SSSR count). The zero-order valence-electron chi connectivity index (χ0n) is 18.9. The molecule has 2 aromatic carbocycles. The number of thioether (sulfide) groups is 1. The smallest absolute Gasteiger partial charge is 0.136 e. The van der Waals surface area contributed by atoms with Gasteiger partial charge in [-0.25, -0.2) is 0 Å². The van der Waals surface area contributed by atoms with Crippen molar-refractivity contribution in [3.63, 3.8) is 0 Å². The third kappa shape index (κ3) is 5.20. The fourth-order valence-electron chi connectivity index (χ4n) is 5.39. The zero-order chi connectivity index (χ0) is 21.8. The monoisotopic (exact) mass is 453 g/mol. The number of aromatic hydroxyl groups is 1. The Bertz CT molecular complexity index is 875. The fourth-order valence-corrected chi connectivity index (χ4v) is 6.91. The molecule has 2 atom stereocenters. The van der Waals surface area contributed by atoms with E-state index < -0.39 is 0 Å². The van der Waals surface area contributed by atoms with Crippen molar-refractivity contribution in [2.24, 2.45) is 5.92 Å². The normalized spacial score (nSPS) is 24.5. The molecular formula is C27H35NO3S. The van der Waals surface area contributed by atoms with E-state index in [1.54, 1.807) is 6.07 Å². The lowest BCUT2D eigenvalue weighted by molar-refractivity contribution is 0.152. The Morgan fingerprint density at radius 1 is 0.938 bits per heavy atom. The van der Waals surface area contributed by atoms with Crippen LogP contribution < -0.4 is 9.47 Å². The van der Waals surface area contributed by atoms with Crippen LogP contribution in [0.2, 0.25) is 0 Å². The Kier molecular flexibility index (Phi) is 7.13. The minimum absolute atomic E-state index is 0.0301. The summed E-state index contributed by atoms with van der Waals surface area (Å²) in [5, 5.41) is 10.3. The molecular weight excluding hydrogens is 418 g/mol. The number of fused-ring (bicyclic) bond motifs is 1. The van der Waals surface area contributed by atoms with Gasteiger partial charge in [0.15, 0.2) is 0 Å². The van der Waals surface area contributed by atoms with Crippen LogP contribution in [0.25, 0.3) is 0 Å². The molecule has 32 heavy (non-hydrogen) atoms. The van der Waals surface area contributed by atoms with Crippen molar-refractivity contribution in [2.75, 3.05) is 26.2 Å². The van der Waals surface area contributed by atoms with E-state index in [9.17, 15) is 5.11 Å². The first-order valence-corrected chi connectivity index (χ1v) is 13.3. The van der Waals surface area contributed by atoms with E-state index in [1.165, 1.54) is 70.0 Å². The lowest BCUT2D eigenvalue weighted by atomic mass is 9.83. The molecule has 1 saturated carbocycles. The lowest BCUT2D eigenvalue weighted by Gasteiger charge is -2.39. The van der Waals surface area contributed by atoms with E-state index in [0.29, 0.717) is 16.9 Å². The van der Waals surface area contributed by atoms with Crippen LogP contribution in [0.5, 0.6) is 17.2 Å². The number of hydrogen-bond acceptors (Lipinski definition) is 5. The van der Waals surface area contributed by atoms with Crippen LogP contribution in [-0.4, -0.2) is 41.5 Å². The number of piperidine rings is 1. The van der Waals surface area contributed by atoms with Gasteiger partial charge in [0.25, 0.3) is 0 Å². The molecule has 4 nitrogen and oxygen atoms in total. The Labute approximate surface area is 196 Å². The van der Waals surface area contributed by atoms with Gasteiger partial charge in [0.05, 0.1) is 10.1 Å². The standard InChI is InChI=1S/C27H35NO3S/c29-22-11-14-24-25(19-22)32-27(21-7-3-1-4-8-21)26(31-24)20-9-12-23(13-10-20)30-18-17-28-15-5-2-6-16-28/h9-14,19,21,26-27,29H,1-8,15-18H2/t26-,27+/m1/s1. The third-order valence-corrected chi connectivity index (χ3v) is 8.67. The van der Waals surface area contributed by atoms with Gasteiger partial charge in [-0.3, -0.25) is 4.90 Å². The molecule has 1 saturated heterocycles. The quantitative estimate of drug-likeness (QED) is 0.546. The van der Waals surface area contributed by atoms with Crippen LogP contribution in [0.3, 0.4) is 0 Å². The molecule has 0 aromatic heterocycles. The van der Waals surface area contributed by atoms with Gasteiger partial charge < -0.3 is 14.6 Å². The summed E-state index contributed by atoms with van der Waals surface area (Å²) in [6.07, 6.45) is 10.5. The summed E-state index contributed by atoms with van der Waals surface area (Å²) >= 11 is 1.89. The number of ether oxygens (including phenoxy) is 2. The van der Waals surface area contributed by atoms with Crippen LogP contribution in [0, 0.1) is 5.92 Å². The molecule has 2 fully saturated rings. The largest absolute Gasteiger partial charge is 0.508 e. The third-order valence-electron chi connectivity index (χ3n) is 7.19. The first-order valence-electron chi connectivity index (χ1n) is 12.4. The number of rotatable bonds is 6. The topological polar surface area (TPSA) is 41.9 Å². The summed E-state index contributed by atoms with van der Waals surface area (Å²) in [5.74, 6) is 2.78. The average Bonchev–Trinajstić information content (AvgIpc) is 2.85. The molecule has 5 heteroatoms. The molecule has 2 aliphatic heterocycles. The van der Waals surface area contributed by atoms with Crippen molar-refractivity contribution in [3.8, 4) is 17.2 Å². The molecule has 172 valence electrons. The van der Waals surface area contributed by atoms with Gasteiger partial charge >= 0.3 is 0 Å². The maximum absolute atomic E-state index is 9.97. The van der Waals surface area contributed by atoms with Gasteiger partial charge in [0.2, 0.25) is 0 Å². The number of benzene rings is 2. The molecule has 0 spiro atoms. The van der Waals surface area contributed by atoms with E-state index in [1.807, 2.05) is 23.9 Å². The van der Waals surface area contributed by atoms with Gasteiger partial charge in [-0.2, -0.15) is 0 Å². The van der Waals surface area contributed by atoms with Crippen molar-refractivity contribution in [1.82, 2.24) is 4.90 Å².